The van der Waals surface area contributed by atoms with Crippen molar-refractivity contribution in [2.45, 2.75) is 51.8 Å². The number of carboxylic acids is 1. The molecule has 0 fully saturated rings. The van der Waals surface area contributed by atoms with Gasteiger partial charge < -0.3 is 10.2 Å². The van der Waals surface area contributed by atoms with E-state index >= 15 is 0 Å². The number of carboxylic acid groups (broad SMARTS) is 1. The number of nitrogens with zero attached hydrogens (tertiary/aromatic N) is 1. The van der Waals surface area contributed by atoms with Crippen molar-refractivity contribution in [2.24, 2.45) is 0 Å². The zero-order chi connectivity index (χ0) is 19.3. The molecule has 1 unspecified atom stereocenters. The molecule has 4 nitrogen and oxygen atoms in total. The maximum atomic E-state index is 11.7. The van der Waals surface area contributed by atoms with E-state index in [1.54, 1.807) is 24.3 Å². The van der Waals surface area contributed by atoms with Gasteiger partial charge in [0.2, 0.25) is 0 Å². The van der Waals surface area contributed by atoms with Crippen LogP contribution in [0, 0.1) is 0 Å². The van der Waals surface area contributed by atoms with Crippen LogP contribution in [0.1, 0.15) is 55.6 Å². The predicted octanol–water partition coefficient (Wildman–Crippen LogP) is 4.13. The van der Waals surface area contributed by atoms with Crippen molar-refractivity contribution < 1.29 is 15.0 Å². The Balaban J connectivity index is 2.44. The smallest absolute Gasteiger partial charge is 0.335 e. The first kappa shape index (κ1) is 20.1. The third kappa shape index (κ3) is 4.51. The number of hydrogen-bond donors (Lipinski definition) is 2. The molecule has 2 aromatic carbocycles. The average Bonchev–Trinajstić information content (AvgIpc) is 2.62. The highest BCUT2D eigenvalue weighted by Gasteiger charge is 2.33. The van der Waals surface area contributed by atoms with E-state index in [1.165, 1.54) is 0 Å². The van der Waals surface area contributed by atoms with Gasteiger partial charge in [0.1, 0.15) is 5.60 Å². The molecular formula is C22H29NO3. The first-order chi connectivity index (χ1) is 12.3. The van der Waals surface area contributed by atoms with Gasteiger partial charge >= 0.3 is 5.97 Å². The fourth-order valence-corrected chi connectivity index (χ4v) is 3.48. The van der Waals surface area contributed by atoms with Gasteiger partial charge in [0, 0.05) is 18.6 Å². The minimum Gasteiger partial charge on any atom is -0.478 e. The summed E-state index contributed by atoms with van der Waals surface area (Å²) in [6.45, 7) is 9.29. The van der Waals surface area contributed by atoms with Crippen LogP contribution >= 0.6 is 0 Å². The van der Waals surface area contributed by atoms with Gasteiger partial charge in [-0.05, 0) is 57.4 Å². The maximum Gasteiger partial charge on any atom is 0.335 e. The zero-order valence-corrected chi connectivity index (χ0v) is 16.0. The van der Waals surface area contributed by atoms with E-state index in [9.17, 15) is 15.0 Å². The van der Waals surface area contributed by atoms with Crippen molar-refractivity contribution in [3.8, 4) is 0 Å². The molecule has 26 heavy (non-hydrogen) atoms. The Morgan fingerprint density at radius 2 is 1.54 bits per heavy atom. The largest absolute Gasteiger partial charge is 0.478 e. The quantitative estimate of drug-likeness (QED) is 0.747. The number of benzene rings is 2. The van der Waals surface area contributed by atoms with Crippen molar-refractivity contribution in [1.29, 1.82) is 0 Å². The molecule has 2 rings (SSSR count). The summed E-state index contributed by atoms with van der Waals surface area (Å²) in [6.07, 6.45) is 0.483. The van der Waals surface area contributed by atoms with E-state index in [1.807, 2.05) is 30.3 Å². The number of aromatic carboxylic acids is 1. The highest BCUT2D eigenvalue weighted by atomic mass is 16.4. The van der Waals surface area contributed by atoms with Crippen LogP contribution in [-0.4, -0.2) is 39.7 Å². The van der Waals surface area contributed by atoms with Gasteiger partial charge in [-0.3, -0.25) is 4.90 Å². The Labute approximate surface area is 156 Å². The van der Waals surface area contributed by atoms with Gasteiger partial charge in [-0.25, -0.2) is 4.79 Å². The van der Waals surface area contributed by atoms with Crippen LogP contribution in [-0.2, 0) is 5.60 Å². The van der Waals surface area contributed by atoms with Crippen LogP contribution in [0.3, 0.4) is 0 Å². The fourth-order valence-electron chi connectivity index (χ4n) is 3.48. The lowest BCUT2D eigenvalue weighted by Crippen LogP contribution is -2.41. The van der Waals surface area contributed by atoms with Gasteiger partial charge in [0.05, 0.1) is 5.56 Å². The molecule has 0 heterocycles. The molecular weight excluding hydrogens is 326 g/mol. The van der Waals surface area contributed by atoms with Gasteiger partial charge in [0.25, 0.3) is 0 Å². The summed E-state index contributed by atoms with van der Waals surface area (Å²) < 4.78 is 0. The monoisotopic (exact) mass is 355 g/mol. The van der Waals surface area contributed by atoms with E-state index in [-0.39, 0.29) is 5.56 Å². The second-order valence-electron chi connectivity index (χ2n) is 7.29. The summed E-state index contributed by atoms with van der Waals surface area (Å²) in [6, 6.07) is 16.8. The number of rotatable bonds is 8. The Bertz CT molecular complexity index is 719. The normalized spacial score (nSPS) is 14.0. The van der Waals surface area contributed by atoms with Crippen molar-refractivity contribution in [1.82, 2.24) is 4.90 Å². The van der Waals surface area contributed by atoms with Crippen LogP contribution in [0.4, 0.5) is 0 Å². The van der Waals surface area contributed by atoms with Crippen LogP contribution in [0.15, 0.2) is 54.6 Å². The summed E-state index contributed by atoms with van der Waals surface area (Å²) in [4.78, 5) is 13.7. The standard InChI is InChI=1S/C22H29NO3/c1-16(2)23(17(3)4)14-13-22(26,19-10-6-5-7-11-19)20-12-8-9-18(15-20)21(24)25/h5-12,15-17,26H,13-14H2,1-4H3,(H,24,25). The minimum absolute atomic E-state index is 0.182. The summed E-state index contributed by atoms with van der Waals surface area (Å²) in [7, 11) is 0. The highest BCUT2D eigenvalue weighted by molar-refractivity contribution is 5.87. The highest BCUT2D eigenvalue weighted by Crippen LogP contribution is 2.34. The second kappa shape index (κ2) is 8.47. The van der Waals surface area contributed by atoms with Crippen LogP contribution < -0.4 is 0 Å². The molecule has 0 radical (unpaired) electrons. The molecule has 2 N–H and O–H groups in total. The SMILES string of the molecule is CC(C)N(CCC(O)(c1ccccc1)c1cccc(C(=O)O)c1)C(C)C. The maximum absolute atomic E-state index is 11.7. The lowest BCUT2D eigenvalue weighted by Gasteiger charge is -2.36. The third-order valence-corrected chi connectivity index (χ3v) is 4.90. The lowest BCUT2D eigenvalue weighted by atomic mass is 9.82. The Kier molecular flexibility index (Phi) is 6.57. The van der Waals surface area contributed by atoms with Crippen molar-refractivity contribution in [2.75, 3.05) is 6.54 Å². The van der Waals surface area contributed by atoms with E-state index < -0.39 is 11.6 Å². The van der Waals surface area contributed by atoms with E-state index in [4.69, 9.17) is 0 Å². The van der Waals surface area contributed by atoms with Gasteiger partial charge in [-0.1, -0.05) is 42.5 Å². The molecule has 1 atom stereocenters. The molecule has 2 aromatic rings. The topological polar surface area (TPSA) is 60.8 Å². The molecule has 0 bridgehead atoms. The molecule has 0 saturated heterocycles. The van der Waals surface area contributed by atoms with E-state index in [0.29, 0.717) is 30.6 Å². The minimum atomic E-state index is -1.24. The number of carbonyl (C=O) groups is 1. The molecule has 0 amide bonds. The Hall–Kier alpha value is -2.17. The van der Waals surface area contributed by atoms with Crippen molar-refractivity contribution >= 4 is 5.97 Å². The summed E-state index contributed by atoms with van der Waals surface area (Å²) >= 11 is 0. The molecule has 0 aromatic heterocycles. The van der Waals surface area contributed by atoms with Crippen LogP contribution in [0.2, 0.25) is 0 Å². The molecule has 0 spiro atoms. The molecule has 0 aliphatic carbocycles. The average molecular weight is 355 g/mol. The first-order valence-corrected chi connectivity index (χ1v) is 9.13. The third-order valence-electron chi connectivity index (χ3n) is 4.90. The molecule has 0 saturated carbocycles. The van der Waals surface area contributed by atoms with E-state index in [2.05, 4.69) is 32.6 Å². The molecule has 140 valence electrons. The Morgan fingerprint density at radius 1 is 0.962 bits per heavy atom. The zero-order valence-electron chi connectivity index (χ0n) is 16.0. The van der Waals surface area contributed by atoms with E-state index in [0.717, 1.165) is 5.56 Å². The van der Waals surface area contributed by atoms with Gasteiger partial charge in [0.15, 0.2) is 0 Å². The van der Waals surface area contributed by atoms with Gasteiger partial charge in [-0.2, -0.15) is 0 Å². The predicted molar refractivity (Wildman–Crippen MR) is 104 cm³/mol. The molecule has 0 aliphatic heterocycles. The first-order valence-electron chi connectivity index (χ1n) is 9.13. The second-order valence-corrected chi connectivity index (χ2v) is 7.29. The van der Waals surface area contributed by atoms with Gasteiger partial charge in [-0.15, -0.1) is 0 Å². The van der Waals surface area contributed by atoms with Crippen LogP contribution in [0.25, 0.3) is 0 Å². The fraction of sp³-hybridized carbons (Fsp3) is 0.409. The van der Waals surface area contributed by atoms with Crippen LogP contribution in [0.5, 0.6) is 0 Å². The molecule has 0 aliphatic rings. The van der Waals surface area contributed by atoms with Crippen molar-refractivity contribution in [3.05, 3.63) is 71.3 Å². The van der Waals surface area contributed by atoms with Crippen molar-refractivity contribution in [3.63, 3.8) is 0 Å². The number of aliphatic hydroxyl groups is 1. The Morgan fingerprint density at radius 3 is 2.08 bits per heavy atom. The summed E-state index contributed by atoms with van der Waals surface area (Å²) in [5.74, 6) is -0.992. The lowest BCUT2D eigenvalue weighted by molar-refractivity contribution is 0.0463. The summed E-state index contributed by atoms with van der Waals surface area (Å²) in [5, 5.41) is 21.0. The molecule has 4 heteroatoms. The number of hydrogen-bond acceptors (Lipinski definition) is 3. The summed E-state index contributed by atoms with van der Waals surface area (Å²) in [5.41, 5.74) is 0.321.